The van der Waals surface area contributed by atoms with Crippen LogP contribution in [0.2, 0.25) is 0 Å². The fourth-order valence-corrected chi connectivity index (χ4v) is 2.94. The van der Waals surface area contributed by atoms with Crippen molar-refractivity contribution in [3.63, 3.8) is 0 Å². The quantitative estimate of drug-likeness (QED) is 0.896. The molecule has 0 amide bonds. The molecule has 0 aliphatic carbocycles. The lowest BCUT2D eigenvalue weighted by atomic mass is 10.00. The minimum Gasteiger partial charge on any atom is -0.496 e. The lowest BCUT2D eigenvalue weighted by molar-refractivity contribution is 0.0563. The Morgan fingerprint density at radius 1 is 1.53 bits per heavy atom. The Labute approximate surface area is 107 Å². The second-order valence-electron chi connectivity index (χ2n) is 4.26. The highest BCUT2D eigenvalue weighted by Crippen LogP contribution is 2.30. The van der Waals surface area contributed by atoms with E-state index in [4.69, 9.17) is 15.2 Å². The van der Waals surface area contributed by atoms with Crippen LogP contribution in [-0.4, -0.2) is 31.3 Å². The van der Waals surface area contributed by atoms with Gasteiger partial charge >= 0.3 is 0 Å². The molecule has 1 aromatic carbocycles. The molecule has 1 fully saturated rings. The molecule has 2 unspecified atom stereocenters. The maximum absolute atomic E-state index is 6.30. The van der Waals surface area contributed by atoms with Crippen LogP contribution in [0.15, 0.2) is 18.2 Å². The van der Waals surface area contributed by atoms with Crippen molar-refractivity contribution in [2.24, 2.45) is 5.73 Å². The van der Waals surface area contributed by atoms with E-state index in [1.807, 2.05) is 23.9 Å². The molecule has 1 aromatic rings. The van der Waals surface area contributed by atoms with Crippen LogP contribution in [-0.2, 0) is 4.74 Å². The maximum Gasteiger partial charge on any atom is 0.123 e. The Balaban J connectivity index is 2.21. The van der Waals surface area contributed by atoms with E-state index in [1.54, 1.807) is 7.11 Å². The average molecular weight is 253 g/mol. The van der Waals surface area contributed by atoms with Crippen LogP contribution < -0.4 is 10.5 Å². The number of benzene rings is 1. The summed E-state index contributed by atoms with van der Waals surface area (Å²) in [4.78, 5) is 0. The van der Waals surface area contributed by atoms with Gasteiger partial charge < -0.3 is 15.2 Å². The van der Waals surface area contributed by atoms with Gasteiger partial charge in [0.15, 0.2) is 0 Å². The first-order valence-corrected chi connectivity index (χ1v) is 6.97. The van der Waals surface area contributed by atoms with Crippen LogP contribution >= 0.6 is 11.8 Å². The van der Waals surface area contributed by atoms with E-state index in [2.05, 4.69) is 13.0 Å². The van der Waals surface area contributed by atoms with Crippen molar-refractivity contribution < 1.29 is 9.47 Å². The maximum atomic E-state index is 6.30. The number of hydrogen-bond donors (Lipinski definition) is 1. The van der Waals surface area contributed by atoms with Crippen LogP contribution in [0, 0.1) is 6.92 Å². The van der Waals surface area contributed by atoms with E-state index in [0.29, 0.717) is 0 Å². The van der Waals surface area contributed by atoms with Crippen molar-refractivity contribution in [3.05, 3.63) is 29.3 Å². The molecular weight excluding hydrogens is 234 g/mol. The summed E-state index contributed by atoms with van der Waals surface area (Å²) in [6, 6.07) is 5.98. The van der Waals surface area contributed by atoms with Gasteiger partial charge in [0.05, 0.1) is 25.9 Å². The summed E-state index contributed by atoms with van der Waals surface area (Å²) in [5.74, 6) is 2.87. The minimum absolute atomic E-state index is 0.0875. The molecule has 0 spiro atoms. The monoisotopic (exact) mass is 253 g/mol. The third-order valence-electron chi connectivity index (χ3n) is 2.99. The topological polar surface area (TPSA) is 44.5 Å². The standard InChI is InChI=1S/C13H19NO2S/c1-9-3-4-11(15-2)10(7-9)13(14)12-8-17-6-5-16-12/h3-4,7,12-13H,5-6,8,14H2,1-2H3. The van der Waals surface area contributed by atoms with E-state index in [9.17, 15) is 0 Å². The van der Waals surface area contributed by atoms with E-state index in [-0.39, 0.29) is 12.1 Å². The Kier molecular flexibility index (Phi) is 4.31. The third kappa shape index (κ3) is 2.94. The van der Waals surface area contributed by atoms with E-state index >= 15 is 0 Å². The van der Waals surface area contributed by atoms with Gasteiger partial charge in [-0.3, -0.25) is 0 Å². The van der Waals surface area contributed by atoms with Gasteiger partial charge in [0, 0.05) is 17.1 Å². The minimum atomic E-state index is -0.113. The van der Waals surface area contributed by atoms with Crippen molar-refractivity contribution in [1.82, 2.24) is 0 Å². The zero-order valence-electron chi connectivity index (χ0n) is 10.3. The summed E-state index contributed by atoms with van der Waals surface area (Å²) in [5, 5.41) is 0. The van der Waals surface area contributed by atoms with Crippen molar-refractivity contribution in [1.29, 1.82) is 0 Å². The smallest absolute Gasteiger partial charge is 0.123 e. The molecule has 3 nitrogen and oxygen atoms in total. The van der Waals surface area contributed by atoms with Gasteiger partial charge in [-0.2, -0.15) is 11.8 Å². The Bertz CT molecular complexity index is 378. The predicted octanol–water partition coefficient (Wildman–Crippen LogP) is 2.14. The SMILES string of the molecule is COc1ccc(C)cc1C(N)C1CSCCO1. The molecule has 2 rings (SSSR count). The average Bonchev–Trinajstić information content (AvgIpc) is 2.39. The molecule has 1 aliphatic heterocycles. The predicted molar refractivity (Wildman–Crippen MR) is 71.7 cm³/mol. The number of thioether (sulfide) groups is 1. The summed E-state index contributed by atoms with van der Waals surface area (Å²) in [5.41, 5.74) is 8.53. The van der Waals surface area contributed by atoms with Crippen molar-refractivity contribution in [2.75, 3.05) is 25.2 Å². The van der Waals surface area contributed by atoms with Gasteiger partial charge in [-0.15, -0.1) is 0 Å². The Hall–Kier alpha value is -0.710. The molecule has 2 atom stereocenters. The van der Waals surface area contributed by atoms with Gasteiger partial charge in [-0.05, 0) is 13.0 Å². The van der Waals surface area contributed by atoms with Crippen LogP contribution in [0.3, 0.4) is 0 Å². The number of hydrogen-bond acceptors (Lipinski definition) is 4. The molecule has 0 aromatic heterocycles. The van der Waals surface area contributed by atoms with E-state index in [1.165, 1.54) is 5.56 Å². The summed E-state index contributed by atoms with van der Waals surface area (Å²) >= 11 is 1.90. The van der Waals surface area contributed by atoms with Gasteiger partial charge in [-0.1, -0.05) is 17.7 Å². The highest BCUT2D eigenvalue weighted by Gasteiger charge is 2.25. The summed E-state index contributed by atoms with van der Waals surface area (Å²) in [7, 11) is 1.68. The summed E-state index contributed by atoms with van der Waals surface area (Å²) in [6.07, 6.45) is 0.0875. The third-order valence-corrected chi connectivity index (χ3v) is 4.01. The fourth-order valence-electron chi connectivity index (χ4n) is 2.03. The van der Waals surface area contributed by atoms with Crippen LogP contribution in [0.4, 0.5) is 0 Å². The zero-order valence-corrected chi connectivity index (χ0v) is 11.1. The molecule has 94 valence electrons. The largest absolute Gasteiger partial charge is 0.496 e. The Morgan fingerprint density at radius 3 is 3.00 bits per heavy atom. The van der Waals surface area contributed by atoms with Crippen LogP contribution in [0.5, 0.6) is 5.75 Å². The highest BCUT2D eigenvalue weighted by atomic mass is 32.2. The number of ether oxygens (including phenoxy) is 2. The van der Waals surface area contributed by atoms with Crippen LogP contribution in [0.1, 0.15) is 17.2 Å². The zero-order chi connectivity index (χ0) is 12.3. The highest BCUT2D eigenvalue weighted by molar-refractivity contribution is 7.99. The van der Waals surface area contributed by atoms with Gasteiger partial charge in [-0.25, -0.2) is 0 Å². The number of rotatable bonds is 3. The van der Waals surface area contributed by atoms with Gasteiger partial charge in [0.25, 0.3) is 0 Å². The summed E-state index contributed by atoms with van der Waals surface area (Å²) in [6.45, 7) is 2.85. The number of methoxy groups -OCH3 is 1. The normalized spacial score (nSPS) is 22.2. The van der Waals surface area contributed by atoms with Crippen molar-refractivity contribution in [3.8, 4) is 5.75 Å². The first-order chi connectivity index (χ1) is 8.22. The first kappa shape index (κ1) is 12.7. The molecule has 2 N–H and O–H groups in total. The molecule has 0 radical (unpaired) electrons. The van der Waals surface area contributed by atoms with Crippen LogP contribution in [0.25, 0.3) is 0 Å². The summed E-state index contributed by atoms with van der Waals surface area (Å²) < 4.78 is 11.1. The van der Waals surface area contributed by atoms with Crippen molar-refractivity contribution >= 4 is 11.8 Å². The Morgan fingerprint density at radius 2 is 2.35 bits per heavy atom. The lowest BCUT2D eigenvalue weighted by Gasteiger charge is -2.28. The fraction of sp³-hybridized carbons (Fsp3) is 0.538. The lowest BCUT2D eigenvalue weighted by Crippen LogP contribution is -2.34. The van der Waals surface area contributed by atoms with Gasteiger partial charge in [0.2, 0.25) is 0 Å². The second-order valence-corrected chi connectivity index (χ2v) is 5.41. The number of aryl methyl sites for hydroxylation is 1. The first-order valence-electron chi connectivity index (χ1n) is 5.82. The molecule has 1 heterocycles. The molecule has 4 heteroatoms. The second kappa shape index (κ2) is 5.76. The molecule has 1 saturated heterocycles. The molecule has 1 aliphatic rings. The molecule has 0 bridgehead atoms. The molecular formula is C13H19NO2S. The molecule has 0 saturated carbocycles. The van der Waals surface area contributed by atoms with Gasteiger partial charge in [0.1, 0.15) is 5.75 Å². The van der Waals surface area contributed by atoms with E-state index < -0.39 is 0 Å². The molecule has 17 heavy (non-hydrogen) atoms. The van der Waals surface area contributed by atoms with Crippen molar-refractivity contribution in [2.45, 2.75) is 19.1 Å². The number of nitrogens with two attached hydrogens (primary N) is 1. The van der Waals surface area contributed by atoms with E-state index in [0.717, 1.165) is 29.4 Å².